The molecule has 0 bridgehead atoms. The van der Waals surface area contributed by atoms with Crippen LogP contribution in [0.2, 0.25) is 0 Å². The SMILES string of the molecule is Ic1cn(C2CCCC2)c2cnccc12. The van der Waals surface area contributed by atoms with Crippen molar-refractivity contribution in [3.05, 3.63) is 28.2 Å². The van der Waals surface area contributed by atoms with Crippen molar-refractivity contribution in [2.45, 2.75) is 31.7 Å². The average molecular weight is 312 g/mol. The summed E-state index contributed by atoms with van der Waals surface area (Å²) in [5.41, 5.74) is 1.30. The van der Waals surface area contributed by atoms with Crippen LogP contribution in [0, 0.1) is 3.57 Å². The highest BCUT2D eigenvalue weighted by Crippen LogP contribution is 2.34. The smallest absolute Gasteiger partial charge is 0.0680 e. The molecule has 2 aromatic rings. The van der Waals surface area contributed by atoms with Gasteiger partial charge in [-0.3, -0.25) is 4.98 Å². The van der Waals surface area contributed by atoms with Crippen LogP contribution < -0.4 is 0 Å². The van der Waals surface area contributed by atoms with E-state index in [2.05, 4.69) is 44.4 Å². The Labute approximate surface area is 103 Å². The molecule has 15 heavy (non-hydrogen) atoms. The maximum Gasteiger partial charge on any atom is 0.0680 e. The summed E-state index contributed by atoms with van der Waals surface area (Å²) >= 11 is 2.42. The first-order valence-corrected chi connectivity index (χ1v) is 6.54. The third kappa shape index (κ3) is 1.57. The first kappa shape index (κ1) is 9.63. The van der Waals surface area contributed by atoms with Crippen molar-refractivity contribution in [3.63, 3.8) is 0 Å². The molecule has 78 valence electrons. The van der Waals surface area contributed by atoms with Crippen molar-refractivity contribution < 1.29 is 0 Å². The van der Waals surface area contributed by atoms with E-state index in [1.165, 1.54) is 40.2 Å². The molecule has 0 amide bonds. The second-order valence-corrected chi connectivity index (χ2v) is 5.38. The van der Waals surface area contributed by atoms with E-state index in [1.54, 1.807) is 0 Å². The lowest BCUT2D eigenvalue weighted by atomic mass is 10.2. The molecule has 1 fully saturated rings. The molecule has 1 saturated carbocycles. The van der Waals surface area contributed by atoms with Gasteiger partial charge in [0.25, 0.3) is 0 Å². The highest BCUT2D eigenvalue weighted by Gasteiger charge is 2.19. The average Bonchev–Trinajstić information content (AvgIpc) is 2.87. The number of aromatic nitrogens is 2. The van der Waals surface area contributed by atoms with Crippen molar-refractivity contribution in [1.82, 2.24) is 9.55 Å². The van der Waals surface area contributed by atoms with Crippen LogP contribution in [-0.4, -0.2) is 9.55 Å². The molecule has 0 N–H and O–H groups in total. The molecule has 0 radical (unpaired) electrons. The normalized spacial score (nSPS) is 17.7. The molecule has 0 spiro atoms. The van der Waals surface area contributed by atoms with Gasteiger partial charge in [-0.1, -0.05) is 12.8 Å². The fourth-order valence-electron chi connectivity index (χ4n) is 2.54. The van der Waals surface area contributed by atoms with Crippen molar-refractivity contribution in [1.29, 1.82) is 0 Å². The summed E-state index contributed by atoms with van der Waals surface area (Å²) < 4.78 is 3.77. The van der Waals surface area contributed by atoms with E-state index < -0.39 is 0 Å². The summed E-state index contributed by atoms with van der Waals surface area (Å²) in [6, 6.07) is 2.82. The molecule has 2 nitrogen and oxygen atoms in total. The van der Waals surface area contributed by atoms with E-state index in [4.69, 9.17) is 0 Å². The Kier molecular flexibility index (Phi) is 2.42. The van der Waals surface area contributed by atoms with Crippen LogP contribution in [0.15, 0.2) is 24.7 Å². The van der Waals surface area contributed by atoms with Gasteiger partial charge in [0.2, 0.25) is 0 Å². The van der Waals surface area contributed by atoms with Crippen molar-refractivity contribution >= 4 is 33.5 Å². The number of hydrogen-bond donors (Lipinski definition) is 0. The van der Waals surface area contributed by atoms with Crippen molar-refractivity contribution in [2.75, 3.05) is 0 Å². The molecule has 2 aromatic heterocycles. The molecule has 3 heteroatoms. The maximum absolute atomic E-state index is 4.23. The van der Waals surface area contributed by atoms with E-state index >= 15 is 0 Å². The summed E-state index contributed by atoms with van der Waals surface area (Å²) in [4.78, 5) is 4.23. The highest BCUT2D eigenvalue weighted by atomic mass is 127. The second kappa shape index (κ2) is 3.77. The first-order valence-electron chi connectivity index (χ1n) is 5.46. The third-order valence-electron chi connectivity index (χ3n) is 3.31. The molecular formula is C12H13IN2. The monoisotopic (exact) mass is 312 g/mol. The molecule has 0 atom stereocenters. The lowest BCUT2D eigenvalue weighted by molar-refractivity contribution is 0.535. The minimum absolute atomic E-state index is 0.709. The molecular weight excluding hydrogens is 299 g/mol. The zero-order chi connectivity index (χ0) is 10.3. The molecule has 2 heterocycles. The fourth-order valence-corrected chi connectivity index (χ4v) is 3.30. The molecule has 0 saturated heterocycles. The van der Waals surface area contributed by atoms with Crippen LogP contribution in [0.1, 0.15) is 31.7 Å². The van der Waals surface area contributed by atoms with Crippen LogP contribution >= 0.6 is 22.6 Å². The van der Waals surface area contributed by atoms with E-state index in [-0.39, 0.29) is 0 Å². The third-order valence-corrected chi connectivity index (χ3v) is 4.17. The van der Waals surface area contributed by atoms with Crippen LogP contribution in [-0.2, 0) is 0 Å². The van der Waals surface area contributed by atoms with E-state index in [1.807, 2.05) is 12.4 Å². The lowest BCUT2D eigenvalue weighted by Crippen LogP contribution is -2.02. The number of hydrogen-bond acceptors (Lipinski definition) is 1. The van der Waals surface area contributed by atoms with Crippen LogP contribution in [0.5, 0.6) is 0 Å². The minimum Gasteiger partial charge on any atom is -0.342 e. The van der Waals surface area contributed by atoms with Crippen LogP contribution in [0.4, 0.5) is 0 Å². The van der Waals surface area contributed by atoms with Crippen LogP contribution in [0.25, 0.3) is 10.9 Å². The van der Waals surface area contributed by atoms with Gasteiger partial charge in [-0.25, -0.2) is 0 Å². The number of rotatable bonds is 1. The predicted octanol–water partition coefficient (Wildman–Crippen LogP) is 3.76. The van der Waals surface area contributed by atoms with Gasteiger partial charge in [0.1, 0.15) is 0 Å². The van der Waals surface area contributed by atoms with Crippen molar-refractivity contribution in [3.8, 4) is 0 Å². The number of nitrogens with zero attached hydrogens (tertiary/aromatic N) is 2. The molecule has 0 aromatic carbocycles. The van der Waals surface area contributed by atoms with E-state index in [0.717, 1.165) is 0 Å². The fraction of sp³-hybridized carbons (Fsp3) is 0.417. The van der Waals surface area contributed by atoms with Crippen LogP contribution in [0.3, 0.4) is 0 Å². The molecule has 1 aliphatic carbocycles. The Morgan fingerprint density at radius 1 is 1.33 bits per heavy atom. The predicted molar refractivity (Wildman–Crippen MR) is 70.0 cm³/mol. The van der Waals surface area contributed by atoms with E-state index in [0.29, 0.717) is 6.04 Å². The second-order valence-electron chi connectivity index (χ2n) is 4.22. The van der Waals surface area contributed by atoms with Gasteiger partial charge in [-0.05, 0) is 41.5 Å². The number of fused-ring (bicyclic) bond motifs is 1. The first-order chi connectivity index (χ1) is 7.36. The number of pyridine rings is 1. The maximum atomic E-state index is 4.23. The summed E-state index contributed by atoms with van der Waals surface area (Å²) in [6.45, 7) is 0. The lowest BCUT2D eigenvalue weighted by Gasteiger charge is -2.12. The summed E-state index contributed by atoms with van der Waals surface area (Å²) in [5.74, 6) is 0. The van der Waals surface area contributed by atoms with Gasteiger partial charge in [0, 0.05) is 27.4 Å². The quantitative estimate of drug-likeness (QED) is 0.733. The summed E-state index contributed by atoms with van der Waals surface area (Å²) in [5, 5.41) is 1.34. The van der Waals surface area contributed by atoms with Crippen molar-refractivity contribution in [2.24, 2.45) is 0 Å². The Balaban J connectivity index is 2.17. The number of halogens is 1. The Hall–Kier alpha value is -0.580. The minimum atomic E-state index is 0.709. The zero-order valence-electron chi connectivity index (χ0n) is 8.49. The molecule has 3 rings (SSSR count). The Bertz CT molecular complexity index is 483. The molecule has 0 aliphatic heterocycles. The standard InChI is InChI=1S/C12H13IN2/c13-11-8-15(9-3-1-2-4-9)12-7-14-6-5-10(11)12/h5-9H,1-4H2. The van der Waals surface area contributed by atoms with E-state index in [9.17, 15) is 0 Å². The summed E-state index contributed by atoms with van der Waals surface area (Å²) in [7, 11) is 0. The van der Waals surface area contributed by atoms with Gasteiger partial charge >= 0.3 is 0 Å². The van der Waals surface area contributed by atoms with Gasteiger partial charge < -0.3 is 4.57 Å². The Morgan fingerprint density at radius 2 is 2.13 bits per heavy atom. The molecule has 0 unspecified atom stereocenters. The largest absolute Gasteiger partial charge is 0.342 e. The Morgan fingerprint density at radius 3 is 2.93 bits per heavy atom. The molecule has 1 aliphatic rings. The van der Waals surface area contributed by atoms with Gasteiger partial charge in [0.05, 0.1) is 11.7 Å². The summed E-state index contributed by atoms with van der Waals surface area (Å²) in [6.07, 6.45) is 11.6. The van der Waals surface area contributed by atoms with Gasteiger partial charge in [0.15, 0.2) is 0 Å². The zero-order valence-corrected chi connectivity index (χ0v) is 10.6. The van der Waals surface area contributed by atoms with Gasteiger partial charge in [-0.15, -0.1) is 0 Å². The van der Waals surface area contributed by atoms with Gasteiger partial charge in [-0.2, -0.15) is 0 Å². The highest BCUT2D eigenvalue weighted by molar-refractivity contribution is 14.1. The topological polar surface area (TPSA) is 17.8 Å².